The van der Waals surface area contributed by atoms with Crippen molar-refractivity contribution in [2.24, 2.45) is 0 Å². The summed E-state index contributed by atoms with van der Waals surface area (Å²) in [6.07, 6.45) is 0.0921. The Morgan fingerprint density at radius 3 is 2.35 bits per heavy atom. The van der Waals surface area contributed by atoms with Crippen molar-refractivity contribution in [3.63, 3.8) is 0 Å². The molecule has 0 bridgehead atoms. The lowest BCUT2D eigenvalue weighted by Gasteiger charge is -2.11. The van der Waals surface area contributed by atoms with E-state index < -0.39 is 3.92 Å². The number of alkyl halides is 1. The number of rotatable bonds is 6. The van der Waals surface area contributed by atoms with Crippen molar-refractivity contribution in [3.05, 3.63) is 29.8 Å². The summed E-state index contributed by atoms with van der Waals surface area (Å²) < 4.78 is 9.69. The van der Waals surface area contributed by atoms with Crippen molar-refractivity contribution >= 4 is 34.5 Å². The van der Waals surface area contributed by atoms with Crippen molar-refractivity contribution in [1.82, 2.24) is 5.32 Å². The average Bonchev–Trinajstić information content (AvgIpc) is 2.43. The molecule has 1 unspecified atom stereocenters. The lowest BCUT2D eigenvalue weighted by molar-refractivity contribution is -0.139. The highest BCUT2D eigenvalue weighted by Crippen LogP contribution is 2.13. The maximum atomic E-state index is 11.9. The van der Waals surface area contributed by atoms with E-state index in [1.54, 1.807) is 24.3 Å². The second kappa shape index (κ2) is 8.08. The van der Waals surface area contributed by atoms with Crippen LogP contribution in [0.25, 0.3) is 0 Å². The summed E-state index contributed by atoms with van der Waals surface area (Å²) in [4.78, 5) is 23.1. The predicted molar refractivity (Wildman–Crippen MR) is 84.4 cm³/mol. The number of benzene rings is 1. The van der Waals surface area contributed by atoms with Crippen LogP contribution in [0.15, 0.2) is 24.3 Å². The van der Waals surface area contributed by atoms with Crippen LogP contribution in [0, 0.1) is 0 Å². The highest BCUT2D eigenvalue weighted by molar-refractivity contribution is 14.1. The standard InChI is InChI=1S/C14H18INO4/c1-9(2)20-11-6-4-10(5-7-11)13(17)16-8-12(15)14(18)19-3/h4-7,9,12H,8H2,1-3H3,(H,16,17). The largest absolute Gasteiger partial charge is 0.491 e. The molecule has 0 aromatic heterocycles. The molecule has 1 N–H and O–H groups in total. The van der Waals surface area contributed by atoms with Crippen LogP contribution >= 0.6 is 22.6 Å². The predicted octanol–water partition coefficient (Wildman–Crippen LogP) is 2.18. The Balaban J connectivity index is 2.53. The van der Waals surface area contributed by atoms with Crippen molar-refractivity contribution in [2.75, 3.05) is 13.7 Å². The topological polar surface area (TPSA) is 64.6 Å². The van der Waals surface area contributed by atoms with Crippen LogP contribution in [0.2, 0.25) is 0 Å². The molecule has 0 saturated carbocycles. The fourth-order valence-electron chi connectivity index (χ4n) is 1.45. The summed E-state index contributed by atoms with van der Waals surface area (Å²) in [6, 6.07) is 6.87. The Morgan fingerprint density at radius 2 is 1.85 bits per heavy atom. The third-order valence-electron chi connectivity index (χ3n) is 2.39. The molecule has 1 aromatic carbocycles. The van der Waals surface area contributed by atoms with Crippen molar-refractivity contribution in [1.29, 1.82) is 0 Å². The van der Waals surface area contributed by atoms with Gasteiger partial charge in [0, 0.05) is 12.1 Å². The highest BCUT2D eigenvalue weighted by Gasteiger charge is 2.16. The first-order valence-electron chi connectivity index (χ1n) is 6.21. The lowest BCUT2D eigenvalue weighted by Crippen LogP contribution is -2.33. The van der Waals surface area contributed by atoms with Crippen LogP contribution in [-0.2, 0) is 9.53 Å². The molecule has 1 rings (SSSR count). The fourth-order valence-corrected chi connectivity index (χ4v) is 1.93. The number of nitrogens with one attached hydrogen (secondary N) is 1. The van der Waals surface area contributed by atoms with Gasteiger partial charge in [0.15, 0.2) is 0 Å². The number of carbonyl (C=O) groups is 2. The molecule has 0 heterocycles. The lowest BCUT2D eigenvalue weighted by atomic mass is 10.2. The molecule has 1 amide bonds. The molecule has 0 spiro atoms. The second-order valence-corrected chi connectivity index (χ2v) is 5.90. The Labute approximate surface area is 132 Å². The SMILES string of the molecule is COC(=O)C(I)CNC(=O)c1ccc(OC(C)C)cc1. The van der Waals surface area contributed by atoms with Gasteiger partial charge >= 0.3 is 5.97 Å². The first kappa shape index (κ1) is 16.7. The molecule has 6 heteroatoms. The third kappa shape index (κ3) is 5.36. The van der Waals surface area contributed by atoms with Gasteiger partial charge < -0.3 is 14.8 Å². The van der Waals surface area contributed by atoms with Gasteiger partial charge in [0.2, 0.25) is 0 Å². The summed E-state index contributed by atoms with van der Waals surface area (Å²) in [5, 5.41) is 2.69. The van der Waals surface area contributed by atoms with Crippen molar-refractivity contribution < 1.29 is 19.1 Å². The zero-order valence-electron chi connectivity index (χ0n) is 11.7. The van der Waals surface area contributed by atoms with Crippen LogP contribution in [-0.4, -0.2) is 35.6 Å². The van der Waals surface area contributed by atoms with Gasteiger partial charge in [0.25, 0.3) is 5.91 Å². The minimum Gasteiger partial charge on any atom is -0.491 e. The molecular formula is C14H18INO4. The van der Waals surface area contributed by atoms with Crippen LogP contribution < -0.4 is 10.1 Å². The maximum absolute atomic E-state index is 11.9. The molecule has 0 aliphatic carbocycles. The van der Waals surface area contributed by atoms with Crippen molar-refractivity contribution in [3.8, 4) is 5.75 Å². The smallest absolute Gasteiger partial charge is 0.320 e. The Kier molecular flexibility index (Phi) is 6.77. The first-order valence-corrected chi connectivity index (χ1v) is 7.45. The van der Waals surface area contributed by atoms with Gasteiger partial charge in [-0.25, -0.2) is 0 Å². The monoisotopic (exact) mass is 391 g/mol. The summed E-state index contributed by atoms with van der Waals surface area (Å²) in [7, 11) is 1.32. The second-order valence-electron chi connectivity index (χ2n) is 4.39. The number of amides is 1. The molecule has 0 fully saturated rings. The number of esters is 1. The normalized spacial score (nSPS) is 11.8. The number of halogens is 1. The summed E-state index contributed by atoms with van der Waals surface area (Å²) in [5.41, 5.74) is 0.523. The van der Waals surface area contributed by atoms with Gasteiger partial charge in [-0.2, -0.15) is 0 Å². The fraction of sp³-hybridized carbons (Fsp3) is 0.429. The van der Waals surface area contributed by atoms with Gasteiger partial charge in [0.1, 0.15) is 9.67 Å². The van der Waals surface area contributed by atoms with E-state index in [0.717, 1.165) is 5.75 Å². The van der Waals surface area contributed by atoms with E-state index in [1.165, 1.54) is 7.11 Å². The van der Waals surface area contributed by atoms with E-state index in [4.69, 9.17) is 4.74 Å². The van der Waals surface area contributed by atoms with Gasteiger partial charge in [-0.1, -0.05) is 22.6 Å². The third-order valence-corrected chi connectivity index (χ3v) is 3.34. The molecule has 0 aliphatic rings. The molecule has 20 heavy (non-hydrogen) atoms. The summed E-state index contributed by atoms with van der Waals surface area (Å²) >= 11 is 1.93. The quantitative estimate of drug-likeness (QED) is 0.459. The Morgan fingerprint density at radius 1 is 1.25 bits per heavy atom. The Bertz CT molecular complexity index is 459. The minimum absolute atomic E-state index is 0.0921. The molecule has 1 aromatic rings. The number of methoxy groups -OCH3 is 1. The van der Waals surface area contributed by atoms with Crippen LogP contribution in [0.1, 0.15) is 24.2 Å². The molecular weight excluding hydrogens is 373 g/mol. The van der Waals surface area contributed by atoms with E-state index in [2.05, 4.69) is 10.1 Å². The van der Waals surface area contributed by atoms with Crippen LogP contribution in [0.5, 0.6) is 5.75 Å². The van der Waals surface area contributed by atoms with E-state index in [0.29, 0.717) is 5.56 Å². The van der Waals surface area contributed by atoms with Gasteiger partial charge in [0.05, 0.1) is 13.2 Å². The molecule has 110 valence electrons. The number of hydrogen-bond donors (Lipinski definition) is 1. The molecule has 0 aliphatic heterocycles. The number of carbonyl (C=O) groups excluding carboxylic acids is 2. The summed E-state index contributed by atoms with van der Waals surface area (Å²) in [5.74, 6) is 0.135. The maximum Gasteiger partial charge on any atom is 0.320 e. The average molecular weight is 391 g/mol. The van der Waals surface area contributed by atoms with E-state index in [1.807, 2.05) is 36.4 Å². The zero-order valence-corrected chi connectivity index (χ0v) is 13.8. The number of ether oxygens (including phenoxy) is 2. The van der Waals surface area contributed by atoms with E-state index in [-0.39, 0.29) is 24.5 Å². The molecule has 0 radical (unpaired) electrons. The van der Waals surface area contributed by atoms with E-state index in [9.17, 15) is 9.59 Å². The molecule has 5 nitrogen and oxygen atoms in total. The molecule has 0 saturated heterocycles. The number of hydrogen-bond acceptors (Lipinski definition) is 4. The van der Waals surface area contributed by atoms with Gasteiger partial charge in [-0.3, -0.25) is 9.59 Å². The Hall–Kier alpha value is -1.31. The minimum atomic E-state index is -0.398. The van der Waals surface area contributed by atoms with Crippen LogP contribution in [0.4, 0.5) is 0 Å². The highest BCUT2D eigenvalue weighted by atomic mass is 127. The van der Waals surface area contributed by atoms with Gasteiger partial charge in [-0.15, -0.1) is 0 Å². The summed E-state index contributed by atoms with van der Waals surface area (Å²) in [6.45, 7) is 4.11. The van der Waals surface area contributed by atoms with E-state index >= 15 is 0 Å². The van der Waals surface area contributed by atoms with Gasteiger partial charge in [-0.05, 0) is 38.1 Å². The molecule has 1 atom stereocenters. The van der Waals surface area contributed by atoms with Crippen molar-refractivity contribution in [2.45, 2.75) is 23.9 Å². The zero-order chi connectivity index (χ0) is 15.1. The first-order chi connectivity index (χ1) is 9.43. The van der Waals surface area contributed by atoms with Crippen LogP contribution in [0.3, 0.4) is 0 Å².